The zero-order chi connectivity index (χ0) is 14.8. The zero-order valence-corrected chi connectivity index (χ0v) is 12.3. The summed E-state index contributed by atoms with van der Waals surface area (Å²) in [4.78, 5) is 14.0. The van der Waals surface area contributed by atoms with Crippen molar-refractivity contribution in [1.82, 2.24) is 10.2 Å². The summed E-state index contributed by atoms with van der Waals surface area (Å²) in [5.41, 5.74) is 0. The molecule has 1 fully saturated rings. The Balaban J connectivity index is 1.47. The highest BCUT2D eigenvalue weighted by Crippen LogP contribution is 2.07. The fourth-order valence-electron chi connectivity index (χ4n) is 2.15. The second kappa shape index (κ2) is 9.37. The van der Waals surface area contributed by atoms with Gasteiger partial charge in [-0.2, -0.15) is 0 Å². The number of morpholine rings is 1. The molecular formula is C16H23N2O3. The van der Waals surface area contributed by atoms with E-state index in [9.17, 15) is 4.79 Å². The molecule has 1 aliphatic heterocycles. The van der Waals surface area contributed by atoms with E-state index in [1.165, 1.54) is 0 Å². The molecule has 1 N–H and O–H groups in total. The van der Waals surface area contributed by atoms with Crippen LogP contribution in [0.15, 0.2) is 24.3 Å². The van der Waals surface area contributed by atoms with E-state index in [0.29, 0.717) is 26.0 Å². The Morgan fingerprint density at radius 2 is 2.24 bits per heavy atom. The molecule has 0 saturated carbocycles. The van der Waals surface area contributed by atoms with Crippen molar-refractivity contribution >= 4 is 5.91 Å². The number of nitrogens with one attached hydrogen (secondary N) is 1. The molecule has 5 nitrogen and oxygen atoms in total. The molecule has 0 bridgehead atoms. The quantitative estimate of drug-likeness (QED) is 0.729. The van der Waals surface area contributed by atoms with Crippen molar-refractivity contribution in [3.63, 3.8) is 0 Å². The van der Waals surface area contributed by atoms with Crippen LogP contribution >= 0.6 is 0 Å². The maximum absolute atomic E-state index is 11.7. The third-order valence-electron chi connectivity index (χ3n) is 3.34. The molecule has 1 saturated heterocycles. The number of rotatable bonds is 8. The van der Waals surface area contributed by atoms with Gasteiger partial charge in [-0.1, -0.05) is 18.2 Å². The van der Waals surface area contributed by atoms with E-state index in [-0.39, 0.29) is 5.91 Å². The maximum atomic E-state index is 11.7. The van der Waals surface area contributed by atoms with Crippen molar-refractivity contribution in [3.8, 4) is 5.75 Å². The van der Waals surface area contributed by atoms with Crippen molar-refractivity contribution in [2.75, 3.05) is 46.0 Å². The van der Waals surface area contributed by atoms with Crippen molar-refractivity contribution in [2.45, 2.75) is 12.8 Å². The first-order chi connectivity index (χ1) is 10.3. The second-order valence-electron chi connectivity index (χ2n) is 4.98. The molecule has 1 aromatic carbocycles. The van der Waals surface area contributed by atoms with Crippen molar-refractivity contribution in [3.05, 3.63) is 30.3 Å². The number of ether oxygens (including phenoxy) is 2. The molecule has 5 heteroatoms. The maximum Gasteiger partial charge on any atom is 0.220 e. The number of carbonyl (C=O) groups is 1. The Hall–Kier alpha value is -1.59. The Kier molecular flexibility index (Phi) is 7.04. The first-order valence-corrected chi connectivity index (χ1v) is 7.51. The van der Waals surface area contributed by atoms with Gasteiger partial charge in [0, 0.05) is 38.7 Å². The van der Waals surface area contributed by atoms with Crippen LogP contribution in [0.3, 0.4) is 0 Å². The second-order valence-corrected chi connectivity index (χ2v) is 4.98. The molecule has 1 aromatic rings. The molecule has 0 unspecified atom stereocenters. The lowest BCUT2D eigenvalue weighted by Gasteiger charge is -2.26. The predicted molar refractivity (Wildman–Crippen MR) is 80.3 cm³/mol. The fraction of sp³-hybridized carbons (Fsp3) is 0.562. The smallest absolute Gasteiger partial charge is 0.220 e. The average Bonchev–Trinajstić information content (AvgIpc) is 2.54. The normalized spacial score (nSPS) is 15.6. The van der Waals surface area contributed by atoms with Gasteiger partial charge in [0.1, 0.15) is 5.75 Å². The third kappa shape index (κ3) is 6.60. The van der Waals surface area contributed by atoms with Gasteiger partial charge in [-0.05, 0) is 12.5 Å². The van der Waals surface area contributed by atoms with Crippen LogP contribution in [0.1, 0.15) is 12.8 Å². The highest BCUT2D eigenvalue weighted by molar-refractivity contribution is 5.75. The summed E-state index contributed by atoms with van der Waals surface area (Å²) in [6, 6.07) is 10.5. The van der Waals surface area contributed by atoms with E-state index in [4.69, 9.17) is 9.47 Å². The molecule has 1 heterocycles. The summed E-state index contributed by atoms with van der Waals surface area (Å²) in [5, 5.41) is 2.94. The standard InChI is InChI=1S/C16H23N2O3/c19-16(17-8-9-18-10-13-20-14-11-18)7-4-12-21-15-5-2-1-3-6-15/h1-3,5H,4,7-14H2,(H,17,19). The number of carbonyl (C=O) groups excluding carboxylic acids is 1. The molecular weight excluding hydrogens is 268 g/mol. The van der Waals surface area contributed by atoms with E-state index in [0.717, 1.165) is 38.6 Å². The first-order valence-electron chi connectivity index (χ1n) is 7.51. The largest absolute Gasteiger partial charge is 0.493 e. The molecule has 1 aliphatic rings. The van der Waals surface area contributed by atoms with E-state index in [2.05, 4.69) is 16.3 Å². The van der Waals surface area contributed by atoms with Gasteiger partial charge in [0.2, 0.25) is 5.91 Å². The summed E-state index contributed by atoms with van der Waals surface area (Å²) in [6.45, 7) is 5.63. The topological polar surface area (TPSA) is 50.8 Å². The molecule has 1 amide bonds. The number of para-hydroxylation sites is 1. The first kappa shape index (κ1) is 15.8. The van der Waals surface area contributed by atoms with Crippen LogP contribution < -0.4 is 10.1 Å². The summed E-state index contributed by atoms with van der Waals surface area (Å²) >= 11 is 0. The Morgan fingerprint density at radius 1 is 1.38 bits per heavy atom. The monoisotopic (exact) mass is 291 g/mol. The molecule has 0 aromatic heterocycles. The van der Waals surface area contributed by atoms with Gasteiger partial charge in [0.05, 0.1) is 19.8 Å². The van der Waals surface area contributed by atoms with Gasteiger partial charge in [-0.3, -0.25) is 9.69 Å². The fourth-order valence-corrected chi connectivity index (χ4v) is 2.15. The molecule has 1 radical (unpaired) electrons. The van der Waals surface area contributed by atoms with E-state index in [1.54, 1.807) is 0 Å². The molecule has 0 aliphatic carbocycles. The number of hydrogen-bond acceptors (Lipinski definition) is 4. The summed E-state index contributed by atoms with van der Waals surface area (Å²) in [6.07, 6.45) is 1.21. The van der Waals surface area contributed by atoms with E-state index >= 15 is 0 Å². The minimum absolute atomic E-state index is 0.0869. The number of benzene rings is 1. The van der Waals surface area contributed by atoms with Crippen LogP contribution in [0.25, 0.3) is 0 Å². The Morgan fingerprint density at radius 3 is 3.00 bits per heavy atom. The number of hydrogen-bond donors (Lipinski definition) is 1. The van der Waals surface area contributed by atoms with Crippen molar-refractivity contribution in [1.29, 1.82) is 0 Å². The Bertz CT molecular complexity index is 405. The van der Waals surface area contributed by atoms with Crippen LogP contribution in [0, 0.1) is 6.07 Å². The average molecular weight is 291 g/mol. The lowest BCUT2D eigenvalue weighted by molar-refractivity contribution is -0.121. The minimum Gasteiger partial charge on any atom is -0.493 e. The lowest BCUT2D eigenvalue weighted by Crippen LogP contribution is -2.41. The van der Waals surface area contributed by atoms with Gasteiger partial charge in [-0.25, -0.2) is 0 Å². The van der Waals surface area contributed by atoms with Crippen LogP contribution in [-0.4, -0.2) is 56.8 Å². The molecule has 21 heavy (non-hydrogen) atoms. The van der Waals surface area contributed by atoms with Crippen molar-refractivity contribution < 1.29 is 14.3 Å². The minimum atomic E-state index is 0.0869. The Labute approximate surface area is 126 Å². The van der Waals surface area contributed by atoms with Gasteiger partial charge < -0.3 is 14.8 Å². The van der Waals surface area contributed by atoms with Gasteiger partial charge in [0.15, 0.2) is 0 Å². The number of nitrogens with zero attached hydrogens (tertiary/aromatic N) is 1. The summed E-state index contributed by atoms with van der Waals surface area (Å²) in [5.74, 6) is 0.814. The van der Waals surface area contributed by atoms with Gasteiger partial charge in [-0.15, -0.1) is 0 Å². The third-order valence-corrected chi connectivity index (χ3v) is 3.34. The van der Waals surface area contributed by atoms with Gasteiger partial charge in [0.25, 0.3) is 0 Å². The zero-order valence-electron chi connectivity index (χ0n) is 12.3. The molecule has 115 valence electrons. The SMILES string of the molecule is O=C(CCCOc1[c]cccc1)NCCN1CCOCC1. The lowest BCUT2D eigenvalue weighted by atomic mass is 10.3. The van der Waals surface area contributed by atoms with Crippen LogP contribution in [0.4, 0.5) is 0 Å². The van der Waals surface area contributed by atoms with Crippen LogP contribution in [0.2, 0.25) is 0 Å². The van der Waals surface area contributed by atoms with E-state index in [1.807, 2.05) is 24.3 Å². The van der Waals surface area contributed by atoms with E-state index < -0.39 is 0 Å². The van der Waals surface area contributed by atoms with Crippen LogP contribution in [0.5, 0.6) is 5.75 Å². The van der Waals surface area contributed by atoms with Gasteiger partial charge >= 0.3 is 0 Å². The predicted octanol–water partition coefficient (Wildman–Crippen LogP) is 1.09. The summed E-state index contributed by atoms with van der Waals surface area (Å²) in [7, 11) is 0. The highest BCUT2D eigenvalue weighted by atomic mass is 16.5. The summed E-state index contributed by atoms with van der Waals surface area (Å²) < 4.78 is 10.8. The molecule has 0 atom stereocenters. The molecule has 2 rings (SSSR count). The number of amides is 1. The molecule has 0 spiro atoms. The van der Waals surface area contributed by atoms with Crippen molar-refractivity contribution in [2.24, 2.45) is 0 Å². The highest BCUT2D eigenvalue weighted by Gasteiger charge is 2.10. The van der Waals surface area contributed by atoms with Crippen LogP contribution in [-0.2, 0) is 9.53 Å².